The van der Waals surface area contributed by atoms with Crippen molar-refractivity contribution in [1.82, 2.24) is 10.3 Å². The summed E-state index contributed by atoms with van der Waals surface area (Å²) in [4.78, 5) is 16.2. The molecule has 4 heteroatoms. The van der Waals surface area contributed by atoms with Crippen LogP contribution >= 0.6 is 0 Å². The van der Waals surface area contributed by atoms with Gasteiger partial charge in [0.05, 0.1) is 11.7 Å². The van der Waals surface area contributed by atoms with Crippen LogP contribution in [-0.2, 0) is 4.79 Å². The van der Waals surface area contributed by atoms with Gasteiger partial charge in [0.15, 0.2) is 0 Å². The summed E-state index contributed by atoms with van der Waals surface area (Å²) in [7, 11) is 0. The third-order valence-corrected chi connectivity index (χ3v) is 3.56. The fourth-order valence-electron chi connectivity index (χ4n) is 2.43. The highest BCUT2D eigenvalue weighted by Gasteiger charge is 2.13. The van der Waals surface area contributed by atoms with Crippen molar-refractivity contribution >= 4 is 5.91 Å². The van der Waals surface area contributed by atoms with Crippen molar-refractivity contribution in [2.45, 2.75) is 52.0 Å². The van der Waals surface area contributed by atoms with E-state index in [1.807, 2.05) is 25.1 Å². The van der Waals surface area contributed by atoms with Crippen LogP contribution in [0.2, 0.25) is 0 Å². The van der Waals surface area contributed by atoms with Gasteiger partial charge in [-0.2, -0.15) is 0 Å². The second-order valence-electron chi connectivity index (χ2n) is 5.31. The summed E-state index contributed by atoms with van der Waals surface area (Å²) < 4.78 is 0. The molecule has 1 rings (SSSR count). The fourth-order valence-corrected chi connectivity index (χ4v) is 2.43. The summed E-state index contributed by atoms with van der Waals surface area (Å²) in [5.41, 5.74) is 6.51. The molecule has 0 fully saturated rings. The third kappa shape index (κ3) is 6.15. The number of amides is 1. The summed E-state index contributed by atoms with van der Waals surface area (Å²) >= 11 is 0. The van der Waals surface area contributed by atoms with Crippen molar-refractivity contribution in [2.75, 3.05) is 6.54 Å². The van der Waals surface area contributed by atoms with Crippen LogP contribution in [0, 0.1) is 5.92 Å². The van der Waals surface area contributed by atoms with Gasteiger partial charge in [-0.25, -0.2) is 0 Å². The Morgan fingerprint density at radius 2 is 2.15 bits per heavy atom. The normalized spacial score (nSPS) is 13.8. The zero-order valence-corrected chi connectivity index (χ0v) is 12.6. The van der Waals surface area contributed by atoms with Crippen LogP contribution in [0.1, 0.15) is 57.7 Å². The van der Waals surface area contributed by atoms with E-state index in [0.717, 1.165) is 31.4 Å². The van der Waals surface area contributed by atoms with Gasteiger partial charge in [-0.05, 0) is 44.4 Å². The Morgan fingerprint density at radius 1 is 1.35 bits per heavy atom. The van der Waals surface area contributed by atoms with Crippen LogP contribution in [0.4, 0.5) is 0 Å². The minimum atomic E-state index is -0.0390. The van der Waals surface area contributed by atoms with Gasteiger partial charge in [0.25, 0.3) is 0 Å². The lowest BCUT2D eigenvalue weighted by Gasteiger charge is -2.17. The molecule has 4 nitrogen and oxygen atoms in total. The average molecular weight is 277 g/mol. The first-order valence-electron chi connectivity index (χ1n) is 7.57. The van der Waals surface area contributed by atoms with Crippen LogP contribution in [0.5, 0.6) is 0 Å². The van der Waals surface area contributed by atoms with Crippen molar-refractivity contribution in [3.05, 3.63) is 30.1 Å². The molecule has 1 unspecified atom stereocenters. The highest BCUT2D eigenvalue weighted by Crippen LogP contribution is 2.17. The molecule has 1 heterocycles. The number of rotatable bonds is 9. The van der Waals surface area contributed by atoms with Gasteiger partial charge in [-0.1, -0.05) is 25.8 Å². The number of carbonyl (C=O) groups is 1. The van der Waals surface area contributed by atoms with Gasteiger partial charge in [-0.3, -0.25) is 9.78 Å². The Kier molecular flexibility index (Phi) is 7.88. The van der Waals surface area contributed by atoms with E-state index in [0.29, 0.717) is 18.9 Å². The maximum Gasteiger partial charge on any atom is 0.220 e. The lowest BCUT2D eigenvalue weighted by atomic mass is 9.94. The standard InChI is InChI=1S/C16H27N3O/c1-3-6-14(10-11-17)8-9-16(20)19-13(2)15-7-4-5-12-18-15/h4-5,7,12-14H,3,6,8-11,17H2,1-2H3,(H,19,20)/t13-,14?/m0/s1. The Hall–Kier alpha value is -1.42. The number of hydrogen-bond acceptors (Lipinski definition) is 3. The molecule has 0 spiro atoms. The predicted octanol–water partition coefficient (Wildman–Crippen LogP) is 2.80. The Labute approximate surface area is 122 Å². The molecule has 2 atom stereocenters. The van der Waals surface area contributed by atoms with Gasteiger partial charge in [0.2, 0.25) is 5.91 Å². The second kappa shape index (κ2) is 9.48. The number of carbonyl (C=O) groups excluding carboxylic acids is 1. The average Bonchev–Trinajstić information content (AvgIpc) is 2.46. The smallest absolute Gasteiger partial charge is 0.220 e. The van der Waals surface area contributed by atoms with Crippen LogP contribution in [0.15, 0.2) is 24.4 Å². The molecule has 0 bridgehead atoms. The molecule has 0 aromatic carbocycles. The van der Waals surface area contributed by atoms with E-state index >= 15 is 0 Å². The van der Waals surface area contributed by atoms with Gasteiger partial charge < -0.3 is 11.1 Å². The first-order chi connectivity index (χ1) is 9.67. The summed E-state index contributed by atoms with van der Waals surface area (Å²) in [6.45, 7) is 4.84. The first-order valence-corrected chi connectivity index (χ1v) is 7.57. The number of nitrogens with one attached hydrogen (secondary N) is 1. The van der Waals surface area contributed by atoms with Crippen LogP contribution in [-0.4, -0.2) is 17.4 Å². The zero-order chi connectivity index (χ0) is 14.8. The Balaban J connectivity index is 2.35. The summed E-state index contributed by atoms with van der Waals surface area (Å²) in [6.07, 6.45) is 6.55. The number of pyridine rings is 1. The molecule has 0 radical (unpaired) electrons. The second-order valence-corrected chi connectivity index (χ2v) is 5.31. The van der Waals surface area contributed by atoms with Crippen LogP contribution in [0.3, 0.4) is 0 Å². The minimum absolute atomic E-state index is 0.0390. The van der Waals surface area contributed by atoms with Gasteiger partial charge >= 0.3 is 0 Å². The Bertz CT molecular complexity index is 375. The maximum absolute atomic E-state index is 12.0. The van der Waals surface area contributed by atoms with E-state index in [-0.39, 0.29) is 11.9 Å². The highest BCUT2D eigenvalue weighted by molar-refractivity contribution is 5.76. The third-order valence-electron chi connectivity index (χ3n) is 3.56. The zero-order valence-electron chi connectivity index (χ0n) is 12.6. The number of nitrogens with two attached hydrogens (primary N) is 1. The quantitative estimate of drug-likeness (QED) is 0.729. The van der Waals surface area contributed by atoms with Gasteiger partial charge in [-0.15, -0.1) is 0 Å². The van der Waals surface area contributed by atoms with E-state index in [1.165, 1.54) is 0 Å². The first kappa shape index (κ1) is 16.6. The SMILES string of the molecule is CCCC(CCN)CCC(=O)N[C@@H](C)c1ccccn1. The van der Waals surface area contributed by atoms with E-state index in [2.05, 4.69) is 17.2 Å². The van der Waals surface area contributed by atoms with Crippen molar-refractivity contribution in [3.8, 4) is 0 Å². The summed E-state index contributed by atoms with van der Waals surface area (Å²) in [5.74, 6) is 0.669. The van der Waals surface area contributed by atoms with Gasteiger partial charge in [0, 0.05) is 12.6 Å². The van der Waals surface area contributed by atoms with E-state index in [9.17, 15) is 4.79 Å². The molecule has 3 N–H and O–H groups in total. The number of hydrogen-bond donors (Lipinski definition) is 2. The molecule has 0 aliphatic rings. The van der Waals surface area contributed by atoms with Crippen molar-refractivity contribution < 1.29 is 4.79 Å². The molecule has 0 aliphatic heterocycles. The van der Waals surface area contributed by atoms with Gasteiger partial charge in [0.1, 0.15) is 0 Å². The molecule has 112 valence electrons. The molecular formula is C16H27N3O. The lowest BCUT2D eigenvalue weighted by Crippen LogP contribution is -2.27. The van der Waals surface area contributed by atoms with Crippen molar-refractivity contribution in [3.63, 3.8) is 0 Å². The summed E-state index contributed by atoms with van der Waals surface area (Å²) in [6, 6.07) is 5.70. The fraction of sp³-hybridized carbons (Fsp3) is 0.625. The molecular weight excluding hydrogens is 250 g/mol. The minimum Gasteiger partial charge on any atom is -0.348 e. The monoisotopic (exact) mass is 277 g/mol. The largest absolute Gasteiger partial charge is 0.348 e. The number of nitrogens with zero attached hydrogens (tertiary/aromatic N) is 1. The molecule has 1 aromatic rings. The van der Waals surface area contributed by atoms with Crippen LogP contribution in [0.25, 0.3) is 0 Å². The van der Waals surface area contributed by atoms with E-state index < -0.39 is 0 Å². The summed E-state index contributed by atoms with van der Waals surface area (Å²) in [5, 5.41) is 3.00. The molecule has 0 saturated heterocycles. The van der Waals surface area contributed by atoms with E-state index in [1.54, 1.807) is 6.20 Å². The van der Waals surface area contributed by atoms with Crippen molar-refractivity contribution in [2.24, 2.45) is 11.7 Å². The molecule has 20 heavy (non-hydrogen) atoms. The number of aromatic nitrogens is 1. The topological polar surface area (TPSA) is 68.0 Å². The Morgan fingerprint density at radius 3 is 2.75 bits per heavy atom. The molecule has 0 aliphatic carbocycles. The highest BCUT2D eigenvalue weighted by atomic mass is 16.1. The molecule has 1 amide bonds. The molecule has 0 saturated carbocycles. The van der Waals surface area contributed by atoms with E-state index in [4.69, 9.17) is 5.73 Å². The predicted molar refractivity (Wildman–Crippen MR) is 82.1 cm³/mol. The molecule has 1 aromatic heterocycles. The van der Waals surface area contributed by atoms with Crippen molar-refractivity contribution in [1.29, 1.82) is 0 Å². The maximum atomic E-state index is 12.0. The van der Waals surface area contributed by atoms with Crippen LogP contribution < -0.4 is 11.1 Å². The lowest BCUT2D eigenvalue weighted by molar-refractivity contribution is -0.122.